The molecular formula is C27H34ClN9O4. The Morgan fingerprint density at radius 2 is 2.07 bits per heavy atom. The van der Waals surface area contributed by atoms with Gasteiger partial charge in [-0.1, -0.05) is 22.9 Å². The quantitative estimate of drug-likeness (QED) is 0.274. The highest BCUT2D eigenvalue weighted by molar-refractivity contribution is 6.33. The molecule has 2 aromatic heterocycles. The number of halogens is 1. The maximum absolute atomic E-state index is 12.7. The summed E-state index contributed by atoms with van der Waals surface area (Å²) >= 11 is 6.64. The second-order valence-electron chi connectivity index (χ2n) is 10.3. The Morgan fingerprint density at radius 1 is 1.24 bits per heavy atom. The number of fused-ring (bicyclic) bond motifs is 1. The zero-order valence-corrected chi connectivity index (χ0v) is 23.6. The van der Waals surface area contributed by atoms with Crippen LogP contribution in [0.15, 0.2) is 30.7 Å². The number of aromatic amines is 1. The van der Waals surface area contributed by atoms with Crippen molar-refractivity contribution in [3.05, 3.63) is 58.3 Å². The third-order valence-corrected chi connectivity index (χ3v) is 7.80. The van der Waals surface area contributed by atoms with Crippen molar-refractivity contribution in [1.82, 2.24) is 40.5 Å². The number of hydrogen-bond donors (Lipinski definition) is 4. The molecule has 1 unspecified atom stereocenters. The van der Waals surface area contributed by atoms with Crippen molar-refractivity contribution < 1.29 is 19.4 Å². The number of ether oxygens (including phenoxy) is 1. The van der Waals surface area contributed by atoms with Gasteiger partial charge in [0, 0.05) is 58.3 Å². The molecule has 218 valence electrons. The lowest BCUT2D eigenvalue weighted by Crippen LogP contribution is -2.42. The lowest BCUT2D eigenvalue weighted by Gasteiger charge is -2.32. The van der Waals surface area contributed by atoms with Crippen molar-refractivity contribution in [1.29, 1.82) is 0 Å². The highest BCUT2D eigenvalue weighted by Gasteiger charge is 2.24. The third-order valence-electron chi connectivity index (χ3n) is 7.38. The number of carbonyl (C=O) groups excluding carboxylic acids is 2. The first-order chi connectivity index (χ1) is 19.9. The molecule has 41 heavy (non-hydrogen) atoms. The number of aliphatic hydroxyl groups excluding tert-OH is 1. The summed E-state index contributed by atoms with van der Waals surface area (Å²) in [4.78, 5) is 36.6. The van der Waals surface area contributed by atoms with Crippen LogP contribution >= 0.6 is 11.6 Å². The first-order valence-electron chi connectivity index (χ1n) is 13.7. The average Bonchev–Trinajstić information content (AvgIpc) is 3.50. The first-order valence-corrected chi connectivity index (χ1v) is 14.0. The fourth-order valence-electron chi connectivity index (χ4n) is 5.13. The lowest BCUT2D eigenvalue weighted by molar-refractivity contribution is -0.129. The number of likely N-dealkylation sites (tertiary alicyclic amines) is 1. The van der Waals surface area contributed by atoms with E-state index in [1.165, 1.54) is 6.33 Å². The monoisotopic (exact) mass is 583 g/mol. The molecular weight excluding hydrogens is 550 g/mol. The van der Waals surface area contributed by atoms with Crippen LogP contribution in [0.25, 0.3) is 0 Å². The minimum absolute atomic E-state index is 0.0844. The van der Waals surface area contributed by atoms with E-state index in [2.05, 4.69) is 40.9 Å². The van der Waals surface area contributed by atoms with Crippen molar-refractivity contribution in [2.75, 3.05) is 38.0 Å². The molecule has 5 rings (SSSR count). The summed E-state index contributed by atoms with van der Waals surface area (Å²) in [5.41, 5.74) is 3.11. The molecule has 13 nitrogen and oxygen atoms in total. The van der Waals surface area contributed by atoms with E-state index in [1.807, 2.05) is 17.0 Å². The van der Waals surface area contributed by atoms with Gasteiger partial charge in [0.05, 0.1) is 23.0 Å². The molecule has 0 saturated carbocycles. The number of β-amino-alcohol motifs (C(OH)–C–C–N with tert-alkyl or cyclic N) is 1. The number of aromatic nitrogens is 5. The molecule has 1 atom stereocenters. The Hall–Kier alpha value is -3.81. The van der Waals surface area contributed by atoms with E-state index in [0.29, 0.717) is 49.4 Å². The Labute approximate surface area is 242 Å². The summed E-state index contributed by atoms with van der Waals surface area (Å²) in [7, 11) is 0. The standard InChI is InChI=1S/C27H34ClN9O4/c1-17(38)37-8-4-19(5-9-37)33-25-10-23(30-16-31-25)27(40)29-12-21(39)14-36-7-6-22-18(13-36)2-3-24(26(22)28)41-15-20-11-32-35-34-20/h2-3,10-11,16,19,21,39H,4-9,12-15H2,1H3,(H,29,40)(H,30,31,33)(H,32,34,35). The van der Waals surface area contributed by atoms with Gasteiger partial charge in [-0.05, 0) is 36.5 Å². The van der Waals surface area contributed by atoms with Crippen molar-refractivity contribution in [2.45, 2.75) is 51.5 Å². The van der Waals surface area contributed by atoms with Crippen LogP contribution in [0.4, 0.5) is 5.82 Å². The van der Waals surface area contributed by atoms with Crippen LogP contribution in [0.2, 0.25) is 5.02 Å². The Morgan fingerprint density at radius 3 is 2.83 bits per heavy atom. The van der Waals surface area contributed by atoms with Gasteiger partial charge in [0.1, 0.15) is 30.2 Å². The summed E-state index contributed by atoms with van der Waals surface area (Å²) in [6, 6.07) is 5.62. The average molecular weight is 584 g/mol. The summed E-state index contributed by atoms with van der Waals surface area (Å²) in [5, 5.41) is 27.5. The number of benzene rings is 1. The fraction of sp³-hybridized carbons (Fsp3) is 0.481. The van der Waals surface area contributed by atoms with Gasteiger partial charge in [0.25, 0.3) is 5.91 Å². The zero-order chi connectivity index (χ0) is 28.8. The normalized spacial score (nSPS) is 16.6. The van der Waals surface area contributed by atoms with E-state index >= 15 is 0 Å². The minimum atomic E-state index is -0.757. The van der Waals surface area contributed by atoms with Crippen LogP contribution in [-0.4, -0.2) is 97.0 Å². The van der Waals surface area contributed by atoms with E-state index in [0.717, 1.165) is 42.6 Å². The molecule has 14 heteroatoms. The van der Waals surface area contributed by atoms with Gasteiger partial charge in [-0.15, -0.1) is 5.10 Å². The molecule has 1 fully saturated rings. The first kappa shape index (κ1) is 28.7. The van der Waals surface area contributed by atoms with Crippen LogP contribution < -0.4 is 15.4 Å². The largest absolute Gasteiger partial charge is 0.486 e. The predicted octanol–water partition coefficient (Wildman–Crippen LogP) is 1.40. The van der Waals surface area contributed by atoms with Gasteiger partial charge in [-0.25, -0.2) is 9.97 Å². The smallest absolute Gasteiger partial charge is 0.270 e. The molecule has 2 aliphatic heterocycles. The van der Waals surface area contributed by atoms with Crippen LogP contribution in [0.5, 0.6) is 5.75 Å². The number of H-pyrrole nitrogens is 1. The molecule has 0 aliphatic carbocycles. The number of nitrogens with one attached hydrogen (secondary N) is 3. The molecule has 0 radical (unpaired) electrons. The minimum Gasteiger partial charge on any atom is -0.486 e. The van der Waals surface area contributed by atoms with Crippen molar-refractivity contribution in [3.63, 3.8) is 0 Å². The van der Waals surface area contributed by atoms with E-state index in [1.54, 1.807) is 19.2 Å². The maximum Gasteiger partial charge on any atom is 0.270 e. The molecule has 1 aromatic carbocycles. The summed E-state index contributed by atoms with van der Waals surface area (Å²) in [5.74, 6) is 0.873. The van der Waals surface area contributed by atoms with E-state index in [-0.39, 0.29) is 30.1 Å². The van der Waals surface area contributed by atoms with E-state index < -0.39 is 6.10 Å². The maximum atomic E-state index is 12.7. The number of piperidine rings is 1. The predicted molar refractivity (Wildman–Crippen MR) is 150 cm³/mol. The Bertz CT molecular complexity index is 1350. The number of carbonyl (C=O) groups is 2. The van der Waals surface area contributed by atoms with Crippen LogP contribution in [0.1, 0.15) is 47.1 Å². The van der Waals surface area contributed by atoms with Crippen LogP contribution in [0, 0.1) is 0 Å². The second-order valence-corrected chi connectivity index (χ2v) is 10.7. The Balaban J connectivity index is 1.07. The Kier molecular flexibility index (Phi) is 9.27. The van der Waals surface area contributed by atoms with Crippen molar-refractivity contribution in [2.24, 2.45) is 0 Å². The van der Waals surface area contributed by atoms with Gasteiger partial charge in [-0.2, -0.15) is 0 Å². The van der Waals surface area contributed by atoms with Gasteiger partial charge in [0.2, 0.25) is 5.91 Å². The summed E-state index contributed by atoms with van der Waals surface area (Å²) < 4.78 is 5.82. The topological polar surface area (TPSA) is 161 Å². The highest BCUT2D eigenvalue weighted by Crippen LogP contribution is 2.34. The molecule has 0 bridgehead atoms. The number of anilines is 1. The van der Waals surface area contributed by atoms with E-state index in [9.17, 15) is 14.7 Å². The zero-order valence-electron chi connectivity index (χ0n) is 22.8. The van der Waals surface area contributed by atoms with Gasteiger partial charge >= 0.3 is 0 Å². The second kappa shape index (κ2) is 13.2. The number of amides is 2. The fourth-order valence-corrected chi connectivity index (χ4v) is 5.47. The SMILES string of the molecule is CC(=O)N1CCC(Nc2cc(C(=O)NCC(O)CN3CCc4c(ccc(OCc5cnn[nH]5)c4Cl)C3)ncn2)CC1. The molecule has 2 amide bonds. The lowest BCUT2D eigenvalue weighted by atomic mass is 9.99. The summed E-state index contributed by atoms with van der Waals surface area (Å²) in [6.45, 7) is 5.11. The molecule has 0 spiro atoms. The molecule has 3 aromatic rings. The van der Waals surface area contributed by atoms with Crippen molar-refractivity contribution in [3.8, 4) is 5.75 Å². The molecule has 4 N–H and O–H groups in total. The van der Waals surface area contributed by atoms with Crippen LogP contribution in [0.3, 0.4) is 0 Å². The number of nitrogens with zero attached hydrogens (tertiary/aromatic N) is 6. The van der Waals surface area contributed by atoms with Gasteiger partial charge in [0.15, 0.2) is 0 Å². The van der Waals surface area contributed by atoms with Gasteiger partial charge in [-0.3, -0.25) is 19.6 Å². The summed E-state index contributed by atoms with van der Waals surface area (Å²) in [6.07, 6.45) is 4.53. The molecule has 4 heterocycles. The highest BCUT2D eigenvalue weighted by atomic mass is 35.5. The van der Waals surface area contributed by atoms with Gasteiger partial charge < -0.3 is 25.4 Å². The number of aliphatic hydroxyl groups is 1. The molecule has 2 aliphatic rings. The van der Waals surface area contributed by atoms with Crippen LogP contribution in [-0.2, 0) is 24.4 Å². The third kappa shape index (κ3) is 7.48. The number of rotatable bonds is 10. The van der Waals surface area contributed by atoms with Crippen molar-refractivity contribution >= 4 is 29.2 Å². The number of hydrogen-bond acceptors (Lipinski definition) is 10. The molecule has 1 saturated heterocycles. The van der Waals surface area contributed by atoms with E-state index in [4.69, 9.17) is 16.3 Å².